The van der Waals surface area contributed by atoms with Crippen LogP contribution >= 0.6 is 58.2 Å². The van der Waals surface area contributed by atoms with E-state index >= 15 is 0 Å². The van der Waals surface area contributed by atoms with Gasteiger partial charge in [0, 0.05) is 10.5 Å². The largest absolute Gasteiger partial charge is 0.479 e. The third kappa shape index (κ3) is 7.52. The molecule has 0 aliphatic heterocycles. The maximum atomic E-state index is 12.5. The minimum Gasteiger partial charge on any atom is -0.479 e. The number of urea groups is 1. The molecule has 2 amide bonds. The number of amides is 2. The summed E-state index contributed by atoms with van der Waals surface area (Å²) in [5.41, 5.74) is 4.37. The fraction of sp³-hybridized carbons (Fsp3) is 0.0435. The summed E-state index contributed by atoms with van der Waals surface area (Å²) in [6, 6.07) is 16.1. The van der Waals surface area contributed by atoms with Crippen molar-refractivity contribution in [3.8, 4) is 0 Å². The number of hydrogen-bond acceptors (Lipinski definition) is 5. The van der Waals surface area contributed by atoms with Gasteiger partial charge in [-0.3, -0.25) is 4.79 Å². The first-order chi connectivity index (χ1) is 17.0. The Balaban J connectivity index is 0.000000269. The number of benzene rings is 3. The van der Waals surface area contributed by atoms with Crippen molar-refractivity contribution in [3.63, 3.8) is 0 Å². The van der Waals surface area contributed by atoms with Gasteiger partial charge in [0.1, 0.15) is 0 Å². The van der Waals surface area contributed by atoms with E-state index in [-0.39, 0.29) is 31.2 Å². The SMILES string of the molecule is NC(=O)NC(Sc1ccccc1)C(=O)O.O=C(O)c1c(Cl)c(Cl)c(Cl)c(Cl)c1C(=O)c1ccccc1. The molecule has 5 N–H and O–H groups in total. The molecule has 0 heterocycles. The summed E-state index contributed by atoms with van der Waals surface area (Å²) in [7, 11) is 0. The zero-order chi connectivity index (χ0) is 27.0. The van der Waals surface area contributed by atoms with Crippen LogP contribution in [-0.2, 0) is 4.79 Å². The second kappa shape index (κ2) is 13.4. The zero-order valence-electron chi connectivity index (χ0n) is 17.9. The standard InChI is InChI=1S/C14H6Cl4O3.C9H10N2O3S/c15-9-7(13(19)6-4-2-1-3-5-6)8(14(20)21)10(16)12(18)11(9)17;10-9(14)11-7(8(12)13)15-6-4-2-1-3-5-6/h1-5H,(H,20,21);1-5,7H,(H,12,13)(H3,10,11,14). The molecule has 0 spiro atoms. The van der Waals surface area contributed by atoms with Crippen molar-refractivity contribution >= 4 is 81.9 Å². The molecule has 3 aromatic rings. The molecule has 0 aliphatic rings. The van der Waals surface area contributed by atoms with Gasteiger partial charge in [0.05, 0.1) is 31.2 Å². The molecule has 0 fully saturated rings. The number of hydrogen-bond donors (Lipinski definition) is 4. The van der Waals surface area contributed by atoms with E-state index in [0.29, 0.717) is 0 Å². The fourth-order valence-electron chi connectivity index (χ4n) is 2.69. The Morgan fingerprint density at radius 1 is 0.750 bits per heavy atom. The molecule has 188 valence electrons. The number of aliphatic carboxylic acids is 1. The van der Waals surface area contributed by atoms with E-state index in [0.717, 1.165) is 16.7 Å². The normalized spacial score (nSPS) is 11.0. The van der Waals surface area contributed by atoms with Crippen molar-refractivity contribution in [1.29, 1.82) is 0 Å². The number of aromatic carboxylic acids is 1. The van der Waals surface area contributed by atoms with Crippen molar-refractivity contribution in [1.82, 2.24) is 5.32 Å². The second-order valence-corrected chi connectivity index (χ2v) is 9.35. The van der Waals surface area contributed by atoms with E-state index < -0.39 is 34.7 Å². The maximum absolute atomic E-state index is 12.5. The summed E-state index contributed by atoms with van der Waals surface area (Å²) >= 11 is 24.6. The van der Waals surface area contributed by atoms with E-state index in [1.54, 1.807) is 42.5 Å². The summed E-state index contributed by atoms with van der Waals surface area (Å²) in [6.45, 7) is 0. The number of carboxylic acids is 2. The molecule has 8 nitrogen and oxygen atoms in total. The van der Waals surface area contributed by atoms with Crippen molar-refractivity contribution in [2.75, 3.05) is 0 Å². The number of nitrogens with one attached hydrogen (secondary N) is 1. The smallest absolute Gasteiger partial charge is 0.338 e. The summed E-state index contributed by atoms with van der Waals surface area (Å²) in [6.07, 6.45) is 0. The molecule has 1 atom stereocenters. The van der Waals surface area contributed by atoms with E-state index in [4.69, 9.17) is 57.2 Å². The molecule has 0 saturated carbocycles. The molecule has 0 aliphatic carbocycles. The molecular weight excluding hydrogens is 574 g/mol. The Bertz CT molecular complexity index is 1290. The molecule has 0 bridgehead atoms. The Morgan fingerprint density at radius 2 is 1.22 bits per heavy atom. The summed E-state index contributed by atoms with van der Waals surface area (Å²) in [4.78, 5) is 45.9. The molecule has 13 heteroatoms. The van der Waals surface area contributed by atoms with E-state index in [2.05, 4.69) is 5.32 Å². The van der Waals surface area contributed by atoms with Gasteiger partial charge in [0.15, 0.2) is 11.2 Å². The third-order valence-electron chi connectivity index (χ3n) is 4.24. The molecule has 0 aromatic heterocycles. The topological polar surface area (TPSA) is 147 Å². The van der Waals surface area contributed by atoms with Crippen LogP contribution in [-0.4, -0.2) is 39.3 Å². The number of thioether (sulfide) groups is 1. The predicted molar refractivity (Wildman–Crippen MR) is 140 cm³/mol. The van der Waals surface area contributed by atoms with Crippen LogP contribution < -0.4 is 11.1 Å². The number of rotatable bonds is 7. The van der Waals surface area contributed by atoms with Crippen LogP contribution in [0.25, 0.3) is 0 Å². The summed E-state index contributed by atoms with van der Waals surface area (Å²) in [5.74, 6) is -3.15. The second-order valence-electron chi connectivity index (χ2n) is 6.66. The lowest BCUT2D eigenvalue weighted by molar-refractivity contribution is -0.136. The lowest BCUT2D eigenvalue weighted by atomic mass is 9.98. The summed E-state index contributed by atoms with van der Waals surface area (Å²) < 4.78 is 0. The minimum atomic E-state index is -1.42. The highest BCUT2D eigenvalue weighted by atomic mass is 35.5. The zero-order valence-corrected chi connectivity index (χ0v) is 21.7. The van der Waals surface area contributed by atoms with Gasteiger partial charge < -0.3 is 21.3 Å². The number of carbonyl (C=O) groups excluding carboxylic acids is 2. The minimum absolute atomic E-state index is 0.160. The van der Waals surface area contributed by atoms with Gasteiger partial charge in [0.2, 0.25) is 0 Å². The van der Waals surface area contributed by atoms with Crippen molar-refractivity contribution in [2.24, 2.45) is 5.73 Å². The molecule has 0 saturated heterocycles. The molecule has 36 heavy (non-hydrogen) atoms. The van der Waals surface area contributed by atoms with Crippen LogP contribution in [0.3, 0.4) is 0 Å². The fourth-order valence-corrected chi connectivity index (χ4v) is 4.57. The number of carbonyl (C=O) groups is 4. The van der Waals surface area contributed by atoms with Gasteiger partial charge in [-0.2, -0.15) is 0 Å². The van der Waals surface area contributed by atoms with Crippen LogP contribution in [0.1, 0.15) is 26.3 Å². The lowest BCUT2D eigenvalue weighted by Gasteiger charge is -2.13. The Hall–Kier alpha value is -2.95. The monoisotopic (exact) mass is 588 g/mol. The van der Waals surface area contributed by atoms with Gasteiger partial charge in [-0.05, 0) is 12.1 Å². The number of ketones is 1. The van der Waals surface area contributed by atoms with E-state index in [1.165, 1.54) is 12.1 Å². The first-order valence-corrected chi connectivity index (χ1v) is 12.0. The van der Waals surface area contributed by atoms with Gasteiger partial charge in [-0.25, -0.2) is 14.4 Å². The maximum Gasteiger partial charge on any atom is 0.338 e. The van der Waals surface area contributed by atoms with E-state index in [1.807, 2.05) is 6.07 Å². The average molecular weight is 590 g/mol. The lowest BCUT2D eigenvalue weighted by Crippen LogP contribution is -2.41. The number of carboxylic acid groups (broad SMARTS) is 2. The van der Waals surface area contributed by atoms with E-state index in [9.17, 15) is 24.3 Å². The van der Waals surface area contributed by atoms with Gasteiger partial charge in [-0.1, -0.05) is 107 Å². The highest BCUT2D eigenvalue weighted by Crippen LogP contribution is 2.42. The molecule has 3 aromatic carbocycles. The predicted octanol–water partition coefficient (Wildman–Crippen LogP) is 6.09. The van der Waals surface area contributed by atoms with Crippen LogP contribution in [0, 0.1) is 0 Å². The Morgan fingerprint density at radius 3 is 1.67 bits per heavy atom. The van der Waals surface area contributed by atoms with Crippen LogP contribution in [0.4, 0.5) is 4.79 Å². The van der Waals surface area contributed by atoms with Crippen molar-refractivity contribution < 1.29 is 29.4 Å². The number of primary amides is 1. The number of halogens is 4. The van der Waals surface area contributed by atoms with Crippen LogP contribution in [0.15, 0.2) is 65.6 Å². The van der Waals surface area contributed by atoms with Gasteiger partial charge in [-0.15, -0.1) is 0 Å². The van der Waals surface area contributed by atoms with Gasteiger partial charge >= 0.3 is 18.0 Å². The average Bonchev–Trinajstić information content (AvgIpc) is 2.85. The van der Waals surface area contributed by atoms with Crippen LogP contribution in [0.5, 0.6) is 0 Å². The third-order valence-corrected chi connectivity index (χ3v) is 7.14. The number of nitrogens with two attached hydrogens (primary N) is 1. The first kappa shape index (κ1) is 29.3. The van der Waals surface area contributed by atoms with Gasteiger partial charge in [0.25, 0.3) is 0 Å². The van der Waals surface area contributed by atoms with Crippen molar-refractivity contribution in [2.45, 2.75) is 10.3 Å². The highest BCUT2D eigenvalue weighted by Gasteiger charge is 2.29. The van der Waals surface area contributed by atoms with Crippen LogP contribution in [0.2, 0.25) is 20.1 Å². The molecular formula is C23H16Cl4N2O6S. The molecule has 0 radical (unpaired) electrons. The van der Waals surface area contributed by atoms with Crippen molar-refractivity contribution in [3.05, 3.63) is 97.4 Å². The highest BCUT2D eigenvalue weighted by molar-refractivity contribution is 8.00. The first-order valence-electron chi connectivity index (χ1n) is 9.65. The quantitative estimate of drug-likeness (QED) is 0.0857. The molecule has 3 rings (SSSR count). The molecule has 1 unspecified atom stereocenters. The Labute approximate surface area is 229 Å². The Kier molecular flexibility index (Phi) is 10.9. The summed E-state index contributed by atoms with van der Waals surface area (Å²) in [5, 5.41) is 18.2.